The molecule has 1 unspecified atom stereocenters. The highest BCUT2D eigenvalue weighted by atomic mass is 35.5. The molecule has 1 atom stereocenters. The zero-order valence-electron chi connectivity index (χ0n) is 16.9. The van der Waals surface area contributed by atoms with Crippen LogP contribution < -0.4 is 10.2 Å². The van der Waals surface area contributed by atoms with Gasteiger partial charge in [0, 0.05) is 23.3 Å². The van der Waals surface area contributed by atoms with E-state index in [1.807, 2.05) is 12.1 Å². The highest BCUT2D eigenvalue weighted by molar-refractivity contribution is 6.36. The van der Waals surface area contributed by atoms with Crippen LogP contribution in [0.3, 0.4) is 0 Å². The molecular weight excluding hydrogens is 405 g/mol. The van der Waals surface area contributed by atoms with Crippen molar-refractivity contribution in [3.8, 4) is 6.07 Å². The Bertz CT molecular complexity index is 1040. The third-order valence-electron chi connectivity index (χ3n) is 5.51. The standard InChI is InChI=1S/C23H23Cl2N3O/c1-14-12-23(2,3)28(4)21-8-5-15(10-18(14)21)9-16(13-26)22(29)27-20-7-6-17(24)11-19(20)25/h5-11,14H,12H2,1-4H3,(H,27,29)/b16-9+. The van der Waals surface area contributed by atoms with E-state index in [1.54, 1.807) is 18.2 Å². The fourth-order valence-electron chi connectivity index (χ4n) is 3.78. The molecule has 0 saturated heterocycles. The fourth-order valence-corrected chi connectivity index (χ4v) is 4.24. The number of anilines is 2. The molecule has 4 nitrogen and oxygen atoms in total. The van der Waals surface area contributed by atoms with Crippen molar-refractivity contribution in [3.05, 3.63) is 63.1 Å². The normalized spacial score (nSPS) is 18.0. The second-order valence-corrected chi connectivity index (χ2v) is 8.89. The third kappa shape index (κ3) is 4.42. The molecule has 1 aliphatic rings. The lowest BCUT2D eigenvalue weighted by Gasteiger charge is -2.45. The van der Waals surface area contributed by atoms with E-state index in [4.69, 9.17) is 23.2 Å². The second kappa shape index (κ2) is 8.10. The molecule has 0 aromatic heterocycles. The molecule has 2 aromatic carbocycles. The van der Waals surface area contributed by atoms with Gasteiger partial charge in [-0.05, 0) is 73.7 Å². The molecule has 1 amide bonds. The van der Waals surface area contributed by atoms with Crippen LogP contribution in [0.5, 0.6) is 0 Å². The van der Waals surface area contributed by atoms with Crippen LogP contribution in [0.15, 0.2) is 42.0 Å². The van der Waals surface area contributed by atoms with Crippen LogP contribution in [-0.4, -0.2) is 18.5 Å². The Labute approximate surface area is 181 Å². The van der Waals surface area contributed by atoms with Crippen LogP contribution in [0, 0.1) is 11.3 Å². The number of nitrogens with one attached hydrogen (secondary N) is 1. The molecule has 0 bridgehead atoms. The summed E-state index contributed by atoms with van der Waals surface area (Å²) >= 11 is 12.0. The third-order valence-corrected chi connectivity index (χ3v) is 6.06. The minimum atomic E-state index is -0.513. The van der Waals surface area contributed by atoms with Gasteiger partial charge in [-0.25, -0.2) is 0 Å². The Hall–Kier alpha value is -2.48. The van der Waals surface area contributed by atoms with Crippen LogP contribution in [0.1, 0.15) is 44.2 Å². The first-order valence-electron chi connectivity index (χ1n) is 9.38. The molecule has 0 radical (unpaired) electrons. The number of hydrogen-bond acceptors (Lipinski definition) is 3. The summed E-state index contributed by atoms with van der Waals surface area (Å²) in [6, 6.07) is 12.8. The molecule has 0 fully saturated rings. The zero-order chi connectivity index (χ0) is 21.3. The number of carbonyl (C=O) groups is 1. The van der Waals surface area contributed by atoms with E-state index in [0.29, 0.717) is 21.7 Å². The van der Waals surface area contributed by atoms with Crippen molar-refractivity contribution in [2.75, 3.05) is 17.3 Å². The van der Waals surface area contributed by atoms with Crippen molar-refractivity contribution in [3.63, 3.8) is 0 Å². The maximum atomic E-state index is 12.6. The number of nitrogens with zero attached hydrogens (tertiary/aromatic N) is 2. The van der Waals surface area contributed by atoms with Gasteiger partial charge in [0.05, 0.1) is 10.7 Å². The average Bonchev–Trinajstić information content (AvgIpc) is 2.66. The predicted molar refractivity (Wildman–Crippen MR) is 121 cm³/mol. The van der Waals surface area contributed by atoms with Gasteiger partial charge in [-0.15, -0.1) is 0 Å². The largest absolute Gasteiger partial charge is 0.369 e. The van der Waals surface area contributed by atoms with Crippen molar-refractivity contribution in [1.29, 1.82) is 5.26 Å². The highest BCUT2D eigenvalue weighted by Gasteiger charge is 2.33. The van der Waals surface area contributed by atoms with E-state index in [2.05, 4.69) is 50.2 Å². The maximum absolute atomic E-state index is 12.6. The number of hydrogen-bond donors (Lipinski definition) is 1. The number of carbonyl (C=O) groups excluding carboxylic acids is 1. The molecular formula is C23H23Cl2N3O. The van der Waals surface area contributed by atoms with Crippen molar-refractivity contribution < 1.29 is 4.79 Å². The first-order valence-corrected chi connectivity index (χ1v) is 10.1. The lowest BCUT2D eigenvalue weighted by Crippen LogP contribution is -2.45. The average molecular weight is 428 g/mol. The number of halogens is 2. The molecule has 1 N–H and O–H groups in total. The number of benzene rings is 2. The van der Waals surface area contributed by atoms with Crippen molar-refractivity contribution in [2.24, 2.45) is 0 Å². The van der Waals surface area contributed by atoms with Gasteiger partial charge in [0.1, 0.15) is 11.6 Å². The van der Waals surface area contributed by atoms with Gasteiger partial charge in [0.15, 0.2) is 0 Å². The molecule has 0 spiro atoms. The number of amides is 1. The van der Waals surface area contributed by atoms with Gasteiger partial charge in [0.2, 0.25) is 0 Å². The summed E-state index contributed by atoms with van der Waals surface area (Å²) in [5.74, 6) is -0.127. The van der Waals surface area contributed by atoms with Crippen LogP contribution in [0.25, 0.3) is 6.08 Å². The summed E-state index contributed by atoms with van der Waals surface area (Å²) in [5.41, 5.74) is 3.72. The Morgan fingerprint density at radius 2 is 2.00 bits per heavy atom. The highest BCUT2D eigenvalue weighted by Crippen LogP contribution is 2.42. The smallest absolute Gasteiger partial charge is 0.266 e. The minimum absolute atomic E-state index is 0.00751. The summed E-state index contributed by atoms with van der Waals surface area (Å²) in [6.07, 6.45) is 2.64. The summed E-state index contributed by atoms with van der Waals surface area (Å²) in [4.78, 5) is 14.9. The topological polar surface area (TPSA) is 56.1 Å². The predicted octanol–water partition coefficient (Wildman–Crippen LogP) is 6.26. The summed E-state index contributed by atoms with van der Waals surface area (Å²) in [6.45, 7) is 6.68. The molecule has 150 valence electrons. The Morgan fingerprint density at radius 1 is 1.28 bits per heavy atom. The number of fused-ring (bicyclic) bond motifs is 1. The first-order chi connectivity index (χ1) is 13.6. The fraction of sp³-hybridized carbons (Fsp3) is 0.304. The lowest BCUT2D eigenvalue weighted by molar-refractivity contribution is -0.112. The van der Waals surface area contributed by atoms with Crippen LogP contribution in [0.4, 0.5) is 11.4 Å². The van der Waals surface area contributed by atoms with Gasteiger partial charge >= 0.3 is 0 Å². The van der Waals surface area contributed by atoms with Crippen LogP contribution >= 0.6 is 23.2 Å². The molecule has 29 heavy (non-hydrogen) atoms. The summed E-state index contributed by atoms with van der Waals surface area (Å²) < 4.78 is 0. The number of nitriles is 1. The number of rotatable bonds is 3. The molecule has 0 aliphatic carbocycles. The maximum Gasteiger partial charge on any atom is 0.266 e. The van der Waals surface area contributed by atoms with Gasteiger partial charge < -0.3 is 10.2 Å². The summed E-state index contributed by atoms with van der Waals surface area (Å²) in [7, 11) is 2.10. The van der Waals surface area contributed by atoms with E-state index in [-0.39, 0.29) is 11.1 Å². The molecule has 1 heterocycles. The SMILES string of the molecule is CC1CC(C)(C)N(C)c2ccc(/C=C(\C#N)C(=O)Nc3ccc(Cl)cc3Cl)cc21. The lowest BCUT2D eigenvalue weighted by atomic mass is 9.80. The molecule has 0 saturated carbocycles. The quantitative estimate of drug-likeness (QED) is 0.464. The van der Waals surface area contributed by atoms with E-state index in [1.165, 1.54) is 17.3 Å². The van der Waals surface area contributed by atoms with Gasteiger partial charge in [-0.3, -0.25) is 4.79 Å². The molecule has 2 aromatic rings. The van der Waals surface area contributed by atoms with E-state index < -0.39 is 5.91 Å². The Kier molecular flexibility index (Phi) is 5.93. The van der Waals surface area contributed by atoms with Crippen molar-refractivity contribution in [1.82, 2.24) is 0 Å². The van der Waals surface area contributed by atoms with Gasteiger partial charge in [-0.2, -0.15) is 5.26 Å². The van der Waals surface area contributed by atoms with E-state index in [0.717, 1.165) is 12.0 Å². The second-order valence-electron chi connectivity index (χ2n) is 8.04. The zero-order valence-corrected chi connectivity index (χ0v) is 18.4. The van der Waals surface area contributed by atoms with Crippen molar-refractivity contribution in [2.45, 2.75) is 38.6 Å². The van der Waals surface area contributed by atoms with E-state index >= 15 is 0 Å². The Morgan fingerprint density at radius 3 is 2.66 bits per heavy atom. The Balaban J connectivity index is 1.89. The van der Waals surface area contributed by atoms with Crippen LogP contribution in [0.2, 0.25) is 10.0 Å². The van der Waals surface area contributed by atoms with Crippen LogP contribution in [-0.2, 0) is 4.79 Å². The van der Waals surface area contributed by atoms with Gasteiger partial charge in [-0.1, -0.05) is 36.2 Å². The molecule has 6 heteroatoms. The van der Waals surface area contributed by atoms with Crippen molar-refractivity contribution >= 4 is 46.6 Å². The first kappa shape index (κ1) is 21.2. The molecule has 1 aliphatic heterocycles. The minimum Gasteiger partial charge on any atom is -0.369 e. The summed E-state index contributed by atoms with van der Waals surface area (Å²) in [5, 5.41) is 13.0. The van der Waals surface area contributed by atoms with E-state index in [9.17, 15) is 10.1 Å². The molecule has 3 rings (SSSR count). The monoisotopic (exact) mass is 427 g/mol. The van der Waals surface area contributed by atoms with Gasteiger partial charge in [0.25, 0.3) is 5.91 Å².